The van der Waals surface area contributed by atoms with Gasteiger partial charge in [0.1, 0.15) is 11.4 Å². The summed E-state index contributed by atoms with van der Waals surface area (Å²) in [6.07, 6.45) is 1.67. The molecule has 0 radical (unpaired) electrons. The van der Waals surface area contributed by atoms with E-state index >= 15 is 0 Å². The number of amides is 2. The third-order valence-electron chi connectivity index (χ3n) is 3.04. The molecule has 2 aromatic rings. The van der Waals surface area contributed by atoms with E-state index in [0.29, 0.717) is 19.0 Å². The first-order valence-electron chi connectivity index (χ1n) is 7.49. The largest absolute Gasteiger partial charge is 0.350 e. The lowest BCUT2D eigenvalue weighted by atomic mass is 10.2. The number of carbonyl (C=O) groups is 2. The molecule has 0 aromatic carbocycles. The molecule has 0 bridgehead atoms. The van der Waals surface area contributed by atoms with Crippen LogP contribution in [0, 0.1) is 5.92 Å². The monoisotopic (exact) mass is 312 g/mol. The number of nitrogens with one attached hydrogen (secondary N) is 2. The zero-order valence-corrected chi connectivity index (χ0v) is 13.2. The quantitative estimate of drug-likeness (QED) is 0.852. The topological polar surface area (TPSA) is 84.0 Å². The Morgan fingerprint density at radius 2 is 1.70 bits per heavy atom. The second kappa shape index (κ2) is 8.03. The third kappa shape index (κ3) is 5.18. The third-order valence-corrected chi connectivity index (χ3v) is 3.04. The molecule has 0 saturated carbocycles. The molecule has 120 valence electrons. The maximum atomic E-state index is 12.1. The fourth-order valence-corrected chi connectivity index (χ4v) is 1.84. The summed E-state index contributed by atoms with van der Waals surface area (Å²) in [5.41, 5.74) is 1.20. The summed E-state index contributed by atoms with van der Waals surface area (Å²) >= 11 is 0. The molecule has 2 amide bonds. The molecule has 0 aliphatic carbocycles. The molecule has 2 N–H and O–H groups in total. The highest BCUT2D eigenvalue weighted by atomic mass is 16.2. The van der Waals surface area contributed by atoms with Gasteiger partial charge in [-0.05, 0) is 30.2 Å². The molecule has 0 aliphatic rings. The molecule has 0 unspecified atom stereocenters. The van der Waals surface area contributed by atoms with E-state index in [1.54, 1.807) is 24.4 Å². The van der Waals surface area contributed by atoms with Crippen molar-refractivity contribution in [3.8, 4) is 0 Å². The zero-order chi connectivity index (χ0) is 16.7. The Labute approximate surface area is 135 Å². The van der Waals surface area contributed by atoms with Gasteiger partial charge in [-0.25, -0.2) is 4.98 Å². The predicted octanol–water partition coefficient (Wildman–Crippen LogP) is 1.79. The first-order chi connectivity index (χ1) is 11.1. The van der Waals surface area contributed by atoms with Crippen molar-refractivity contribution in [2.75, 3.05) is 6.54 Å². The van der Waals surface area contributed by atoms with Crippen molar-refractivity contribution in [2.45, 2.75) is 20.4 Å². The SMILES string of the molecule is CC(C)CNC(=O)c1cccc(C(=O)NCc2ccccn2)n1. The molecule has 0 saturated heterocycles. The van der Waals surface area contributed by atoms with E-state index in [9.17, 15) is 9.59 Å². The summed E-state index contributed by atoms with van der Waals surface area (Å²) in [7, 11) is 0. The van der Waals surface area contributed by atoms with Crippen molar-refractivity contribution in [1.29, 1.82) is 0 Å². The number of carbonyl (C=O) groups excluding carboxylic acids is 2. The number of aromatic nitrogens is 2. The van der Waals surface area contributed by atoms with Crippen molar-refractivity contribution in [3.05, 3.63) is 59.7 Å². The highest BCUT2D eigenvalue weighted by molar-refractivity contribution is 5.96. The fraction of sp³-hybridized carbons (Fsp3) is 0.294. The predicted molar refractivity (Wildman–Crippen MR) is 86.8 cm³/mol. The average molecular weight is 312 g/mol. The molecule has 2 aromatic heterocycles. The lowest BCUT2D eigenvalue weighted by molar-refractivity contribution is 0.0940. The van der Waals surface area contributed by atoms with Crippen LogP contribution in [0.2, 0.25) is 0 Å². The molecule has 2 rings (SSSR count). The van der Waals surface area contributed by atoms with Gasteiger partial charge in [-0.15, -0.1) is 0 Å². The summed E-state index contributed by atoms with van der Waals surface area (Å²) in [4.78, 5) is 32.4. The molecule has 23 heavy (non-hydrogen) atoms. The van der Waals surface area contributed by atoms with Crippen LogP contribution in [0.3, 0.4) is 0 Å². The molecular weight excluding hydrogens is 292 g/mol. The Kier molecular flexibility index (Phi) is 5.80. The number of hydrogen-bond acceptors (Lipinski definition) is 4. The molecule has 0 atom stereocenters. The van der Waals surface area contributed by atoms with Crippen LogP contribution in [0.1, 0.15) is 40.5 Å². The Morgan fingerprint density at radius 1 is 1.00 bits per heavy atom. The van der Waals surface area contributed by atoms with Gasteiger partial charge in [-0.1, -0.05) is 26.0 Å². The number of rotatable bonds is 6. The zero-order valence-electron chi connectivity index (χ0n) is 13.2. The normalized spacial score (nSPS) is 10.4. The minimum Gasteiger partial charge on any atom is -0.350 e. The first-order valence-corrected chi connectivity index (χ1v) is 7.49. The van der Waals surface area contributed by atoms with Crippen molar-refractivity contribution >= 4 is 11.8 Å². The Morgan fingerprint density at radius 3 is 2.30 bits per heavy atom. The van der Waals surface area contributed by atoms with E-state index in [4.69, 9.17) is 0 Å². The molecule has 6 nitrogen and oxygen atoms in total. The van der Waals surface area contributed by atoms with E-state index in [0.717, 1.165) is 5.69 Å². The molecule has 6 heteroatoms. The van der Waals surface area contributed by atoms with Gasteiger partial charge in [0.25, 0.3) is 11.8 Å². The van der Waals surface area contributed by atoms with Crippen LogP contribution < -0.4 is 10.6 Å². The van der Waals surface area contributed by atoms with Crippen molar-refractivity contribution in [1.82, 2.24) is 20.6 Å². The van der Waals surface area contributed by atoms with Crippen LogP contribution in [0.15, 0.2) is 42.6 Å². The average Bonchev–Trinajstić information content (AvgIpc) is 2.58. The van der Waals surface area contributed by atoms with Crippen molar-refractivity contribution < 1.29 is 9.59 Å². The van der Waals surface area contributed by atoms with E-state index < -0.39 is 0 Å². The second-order valence-electron chi connectivity index (χ2n) is 5.52. The first kappa shape index (κ1) is 16.6. The molecular formula is C17H20N4O2. The second-order valence-corrected chi connectivity index (χ2v) is 5.52. The minimum absolute atomic E-state index is 0.207. The van der Waals surface area contributed by atoms with Gasteiger partial charge in [0.05, 0.1) is 12.2 Å². The van der Waals surface area contributed by atoms with E-state index in [-0.39, 0.29) is 23.2 Å². The van der Waals surface area contributed by atoms with Crippen LogP contribution in [-0.4, -0.2) is 28.3 Å². The summed E-state index contributed by atoms with van der Waals surface area (Å²) in [5, 5.41) is 5.52. The summed E-state index contributed by atoms with van der Waals surface area (Å²) in [6.45, 7) is 4.89. The standard InChI is InChI=1S/C17H20N4O2/c1-12(2)10-19-16(22)14-7-5-8-15(21-14)17(23)20-11-13-6-3-4-9-18-13/h3-9,12H,10-11H2,1-2H3,(H,19,22)(H,20,23). The van der Waals surface area contributed by atoms with Crippen molar-refractivity contribution in [2.24, 2.45) is 5.92 Å². The Balaban J connectivity index is 1.98. The maximum Gasteiger partial charge on any atom is 0.270 e. The number of pyridine rings is 2. The van der Waals surface area contributed by atoms with Gasteiger partial charge in [-0.3, -0.25) is 14.6 Å². The van der Waals surface area contributed by atoms with Crippen LogP contribution in [0.25, 0.3) is 0 Å². The highest BCUT2D eigenvalue weighted by Crippen LogP contribution is 2.01. The van der Waals surface area contributed by atoms with Gasteiger partial charge < -0.3 is 10.6 Å². The van der Waals surface area contributed by atoms with Gasteiger partial charge in [0, 0.05) is 12.7 Å². The van der Waals surface area contributed by atoms with Crippen LogP contribution in [0.5, 0.6) is 0 Å². The lowest BCUT2D eigenvalue weighted by Gasteiger charge is -2.08. The van der Waals surface area contributed by atoms with Gasteiger partial charge >= 0.3 is 0 Å². The van der Waals surface area contributed by atoms with Crippen LogP contribution in [0.4, 0.5) is 0 Å². The number of hydrogen-bond donors (Lipinski definition) is 2. The van der Waals surface area contributed by atoms with Gasteiger partial charge in [0.15, 0.2) is 0 Å². The van der Waals surface area contributed by atoms with Gasteiger partial charge in [0.2, 0.25) is 0 Å². The number of nitrogens with zero attached hydrogens (tertiary/aromatic N) is 2. The van der Waals surface area contributed by atoms with E-state index in [2.05, 4.69) is 20.6 Å². The molecule has 0 spiro atoms. The Bertz CT molecular complexity index is 671. The summed E-state index contributed by atoms with van der Waals surface area (Å²) in [6, 6.07) is 10.3. The molecule has 0 fully saturated rings. The summed E-state index contributed by atoms with van der Waals surface area (Å²) < 4.78 is 0. The Hall–Kier alpha value is -2.76. The smallest absolute Gasteiger partial charge is 0.270 e. The van der Waals surface area contributed by atoms with E-state index in [1.807, 2.05) is 32.0 Å². The van der Waals surface area contributed by atoms with Crippen LogP contribution in [-0.2, 0) is 6.54 Å². The fourth-order valence-electron chi connectivity index (χ4n) is 1.84. The van der Waals surface area contributed by atoms with E-state index in [1.165, 1.54) is 0 Å². The summed E-state index contributed by atoms with van der Waals surface area (Å²) in [5.74, 6) is -0.268. The molecule has 2 heterocycles. The lowest BCUT2D eigenvalue weighted by Crippen LogP contribution is -2.29. The van der Waals surface area contributed by atoms with Crippen LogP contribution >= 0.6 is 0 Å². The van der Waals surface area contributed by atoms with Crippen molar-refractivity contribution in [3.63, 3.8) is 0 Å². The maximum absolute atomic E-state index is 12.1. The minimum atomic E-state index is -0.339. The molecule has 0 aliphatic heterocycles. The van der Waals surface area contributed by atoms with Gasteiger partial charge in [-0.2, -0.15) is 0 Å². The highest BCUT2D eigenvalue weighted by Gasteiger charge is 2.12.